The lowest BCUT2D eigenvalue weighted by Crippen LogP contribution is -2.34. The third-order valence-corrected chi connectivity index (χ3v) is 1.88. The molecule has 0 atom stereocenters. The van der Waals surface area contributed by atoms with E-state index in [1.807, 2.05) is 20.8 Å². The van der Waals surface area contributed by atoms with Crippen molar-refractivity contribution in [3.05, 3.63) is 0 Å². The Labute approximate surface area is 97.1 Å². The Morgan fingerprint density at radius 1 is 1.31 bits per heavy atom. The highest BCUT2D eigenvalue weighted by Gasteiger charge is 2.15. The molecular weight excluding hydrogens is 208 g/mol. The van der Waals surface area contributed by atoms with Gasteiger partial charge in [0.15, 0.2) is 0 Å². The van der Waals surface area contributed by atoms with Crippen molar-refractivity contribution in [1.29, 1.82) is 0 Å². The molecule has 0 spiro atoms. The fourth-order valence-corrected chi connectivity index (χ4v) is 0.978. The molecule has 5 nitrogen and oxygen atoms in total. The van der Waals surface area contributed by atoms with E-state index in [-0.39, 0.29) is 5.91 Å². The fourth-order valence-electron chi connectivity index (χ4n) is 0.978. The molecule has 0 heterocycles. The van der Waals surface area contributed by atoms with Gasteiger partial charge in [0.25, 0.3) is 0 Å². The summed E-state index contributed by atoms with van der Waals surface area (Å²) in [5, 5.41) is 2.63. The van der Waals surface area contributed by atoms with Gasteiger partial charge in [0.1, 0.15) is 5.60 Å². The third-order valence-electron chi connectivity index (χ3n) is 1.88. The number of nitrogens with zero attached hydrogens (tertiary/aromatic N) is 1. The second-order valence-corrected chi connectivity index (χ2v) is 4.72. The molecule has 2 amide bonds. The molecule has 0 rings (SSSR count). The average Bonchev–Trinajstić information content (AvgIpc) is 2.08. The zero-order valence-electron chi connectivity index (χ0n) is 10.8. The molecule has 94 valence electrons. The highest BCUT2D eigenvalue weighted by molar-refractivity contribution is 5.72. The molecule has 0 bridgehead atoms. The maximum atomic E-state index is 11.2. The molecule has 0 saturated carbocycles. The quantitative estimate of drug-likeness (QED) is 0.742. The van der Waals surface area contributed by atoms with E-state index in [0.717, 1.165) is 6.42 Å². The van der Waals surface area contributed by atoms with Crippen molar-refractivity contribution in [2.24, 2.45) is 0 Å². The van der Waals surface area contributed by atoms with Gasteiger partial charge >= 0.3 is 6.09 Å². The summed E-state index contributed by atoms with van der Waals surface area (Å²) in [5.74, 6) is 0.0252. The van der Waals surface area contributed by atoms with Gasteiger partial charge in [0.05, 0.1) is 0 Å². The number of carbonyl (C=O) groups excluding carboxylic acids is 2. The van der Waals surface area contributed by atoms with Crippen molar-refractivity contribution >= 4 is 12.0 Å². The van der Waals surface area contributed by atoms with Crippen LogP contribution in [-0.4, -0.2) is 42.6 Å². The van der Waals surface area contributed by atoms with E-state index < -0.39 is 11.7 Å². The molecule has 0 aliphatic rings. The molecule has 0 unspecified atom stereocenters. The zero-order valence-corrected chi connectivity index (χ0v) is 10.8. The molecule has 0 aromatic carbocycles. The van der Waals surface area contributed by atoms with Crippen molar-refractivity contribution in [3.8, 4) is 0 Å². The van der Waals surface area contributed by atoms with Gasteiger partial charge in [0.2, 0.25) is 5.91 Å². The Morgan fingerprint density at radius 3 is 2.31 bits per heavy atom. The van der Waals surface area contributed by atoms with Crippen LogP contribution in [0.1, 0.15) is 34.1 Å². The van der Waals surface area contributed by atoms with Gasteiger partial charge in [-0.05, 0) is 27.2 Å². The molecule has 0 aliphatic carbocycles. The summed E-state index contributed by atoms with van der Waals surface area (Å²) >= 11 is 0. The van der Waals surface area contributed by atoms with Crippen LogP contribution >= 0.6 is 0 Å². The summed E-state index contributed by atoms with van der Waals surface area (Å²) < 4.78 is 5.06. The Balaban J connectivity index is 3.60. The highest BCUT2D eigenvalue weighted by Crippen LogP contribution is 2.06. The van der Waals surface area contributed by atoms with Gasteiger partial charge in [-0.15, -0.1) is 0 Å². The smallest absolute Gasteiger partial charge is 0.407 e. The predicted molar refractivity (Wildman–Crippen MR) is 62.2 cm³/mol. The molecule has 1 N–H and O–H groups in total. The molecule has 16 heavy (non-hydrogen) atoms. The Bertz CT molecular complexity index is 246. The largest absolute Gasteiger partial charge is 0.444 e. The Hall–Kier alpha value is -1.26. The fraction of sp³-hybridized carbons (Fsp3) is 0.818. The molecule has 0 aromatic heterocycles. The first-order valence-corrected chi connectivity index (χ1v) is 5.41. The SMILES string of the molecule is CC(=O)N(C)CCCNC(=O)OC(C)(C)C. The van der Waals surface area contributed by atoms with Crippen LogP contribution in [0.2, 0.25) is 0 Å². The van der Waals surface area contributed by atoms with E-state index in [4.69, 9.17) is 4.74 Å². The van der Waals surface area contributed by atoms with Crippen LogP contribution in [0.4, 0.5) is 4.79 Å². The standard InChI is InChI=1S/C11H22N2O3/c1-9(14)13(5)8-6-7-12-10(15)16-11(2,3)4/h6-8H2,1-5H3,(H,12,15). The molecule has 0 aromatic rings. The number of nitrogens with one attached hydrogen (secondary N) is 1. The number of rotatable bonds is 4. The van der Waals surface area contributed by atoms with Crippen molar-refractivity contribution in [3.63, 3.8) is 0 Å². The number of carbonyl (C=O) groups is 2. The van der Waals surface area contributed by atoms with Crippen molar-refractivity contribution in [2.45, 2.75) is 39.7 Å². The van der Waals surface area contributed by atoms with E-state index in [1.54, 1.807) is 11.9 Å². The van der Waals surface area contributed by atoms with Crippen molar-refractivity contribution < 1.29 is 14.3 Å². The molecule has 5 heteroatoms. The number of hydrogen-bond donors (Lipinski definition) is 1. The summed E-state index contributed by atoms with van der Waals surface area (Å²) in [6.45, 7) is 8.10. The van der Waals surface area contributed by atoms with E-state index in [1.165, 1.54) is 6.92 Å². The predicted octanol–water partition coefficient (Wildman–Crippen LogP) is 1.38. The maximum absolute atomic E-state index is 11.2. The van der Waals surface area contributed by atoms with Gasteiger partial charge in [-0.2, -0.15) is 0 Å². The van der Waals surface area contributed by atoms with E-state index >= 15 is 0 Å². The lowest BCUT2D eigenvalue weighted by Gasteiger charge is -2.20. The van der Waals surface area contributed by atoms with Gasteiger partial charge in [-0.25, -0.2) is 4.79 Å². The summed E-state index contributed by atoms with van der Waals surface area (Å²) in [6, 6.07) is 0. The third kappa shape index (κ3) is 8.08. The lowest BCUT2D eigenvalue weighted by atomic mass is 10.2. The number of amides is 2. The van der Waals surface area contributed by atoms with Crippen LogP contribution in [0, 0.1) is 0 Å². The average molecular weight is 230 g/mol. The minimum atomic E-state index is -0.472. The van der Waals surface area contributed by atoms with Gasteiger partial charge in [0, 0.05) is 27.1 Å². The number of hydrogen-bond acceptors (Lipinski definition) is 3. The maximum Gasteiger partial charge on any atom is 0.407 e. The monoisotopic (exact) mass is 230 g/mol. The van der Waals surface area contributed by atoms with E-state index in [0.29, 0.717) is 13.1 Å². The van der Waals surface area contributed by atoms with Crippen LogP contribution in [0.3, 0.4) is 0 Å². The second-order valence-electron chi connectivity index (χ2n) is 4.72. The number of alkyl carbamates (subject to hydrolysis) is 1. The van der Waals surface area contributed by atoms with Crippen LogP contribution in [0.5, 0.6) is 0 Å². The van der Waals surface area contributed by atoms with Crippen molar-refractivity contribution in [2.75, 3.05) is 20.1 Å². The minimum Gasteiger partial charge on any atom is -0.444 e. The van der Waals surface area contributed by atoms with Crippen LogP contribution in [-0.2, 0) is 9.53 Å². The van der Waals surface area contributed by atoms with Gasteiger partial charge in [-0.3, -0.25) is 4.79 Å². The van der Waals surface area contributed by atoms with Crippen molar-refractivity contribution in [1.82, 2.24) is 10.2 Å². The van der Waals surface area contributed by atoms with Crippen LogP contribution in [0.15, 0.2) is 0 Å². The first-order chi connectivity index (χ1) is 7.22. The first kappa shape index (κ1) is 14.7. The molecule has 0 aliphatic heterocycles. The Morgan fingerprint density at radius 2 is 1.88 bits per heavy atom. The summed E-state index contributed by atoms with van der Waals surface area (Å²) in [4.78, 5) is 23.7. The Kier molecular flexibility index (Phi) is 5.85. The molecule has 0 saturated heterocycles. The second kappa shape index (κ2) is 6.35. The normalized spacial score (nSPS) is 10.8. The summed E-state index contributed by atoms with van der Waals surface area (Å²) in [6.07, 6.45) is 0.299. The molecular formula is C11H22N2O3. The number of ether oxygens (including phenoxy) is 1. The molecule has 0 radical (unpaired) electrons. The van der Waals surface area contributed by atoms with Gasteiger partial charge < -0.3 is 15.0 Å². The van der Waals surface area contributed by atoms with Gasteiger partial charge in [-0.1, -0.05) is 0 Å². The van der Waals surface area contributed by atoms with E-state index in [9.17, 15) is 9.59 Å². The highest BCUT2D eigenvalue weighted by atomic mass is 16.6. The lowest BCUT2D eigenvalue weighted by molar-refractivity contribution is -0.127. The topological polar surface area (TPSA) is 58.6 Å². The summed E-state index contributed by atoms with van der Waals surface area (Å²) in [7, 11) is 1.73. The summed E-state index contributed by atoms with van der Waals surface area (Å²) in [5.41, 5.74) is -0.472. The van der Waals surface area contributed by atoms with Crippen LogP contribution in [0.25, 0.3) is 0 Å². The molecule has 0 fully saturated rings. The van der Waals surface area contributed by atoms with E-state index in [2.05, 4.69) is 5.32 Å². The first-order valence-electron chi connectivity index (χ1n) is 5.41. The zero-order chi connectivity index (χ0) is 12.8. The van der Waals surface area contributed by atoms with Crippen LogP contribution < -0.4 is 5.32 Å². The minimum absolute atomic E-state index is 0.0252.